The molecule has 1 aromatic rings. The maximum Gasteiger partial charge on any atom is 0.311 e. The Labute approximate surface area is 93.9 Å². The quantitative estimate of drug-likeness (QED) is 0.839. The molecule has 1 atom stereocenters. The Morgan fingerprint density at radius 1 is 1.56 bits per heavy atom. The van der Waals surface area contributed by atoms with Crippen LogP contribution in [0.2, 0.25) is 0 Å². The van der Waals surface area contributed by atoms with Crippen molar-refractivity contribution in [3.63, 3.8) is 0 Å². The van der Waals surface area contributed by atoms with E-state index in [1.807, 2.05) is 6.92 Å². The van der Waals surface area contributed by atoms with E-state index in [0.717, 1.165) is 6.42 Å². The van der Waals surface area contributed by atoms with Gasteiger partial charge in [0.2, 0.25) is 0 Å². The predicted molar refractivity (Wildman–Crippen MR) is 58.2 cm³/mol. The van der Waals surface area contributed by atoms with Gasteiger partial charge in [-0.15, -0.1) is 0 Å². The van der Waals surface area contributed by atoms with Crippen molar-refractivity contribution in [3.05, 3.63) is 29.6 Å². The van der Waals surface area contributed by atoms with E-state index in [9.17, 15) is 9.18 Å². The van der Waals surface area contributed by atoms with Gasteiger partial charge >= 0.3 is 5.97 Å². The van der Waals surface area contributed by atoms with Gasteiger partial charge in [-0.1, -0.05) is 13.3 Å². The first kappa shape index (κ1) is 12.5. The monoisotopic (exact) mass is 226 g/mol. The summed E-state index contributed by atoms with van der Waals surface area (Å²) in [4.78, 5) is 11.1. The number of halogens is 1. The fourth-order valence-corrected chi connectivity index (χ4v) is 1.68. The molecule has 0 amide bonds. The summed E-state index contributed by atoms with van der Waals surface area (Å²) < 4.78 is 18.1. The van der Waals surface area contributed by atoms with E-state index in [0.29, 0.717) is 17.7 Å². The van der Waals surface area contributed by atoms with Crippen LogP contribution in [0.15, 0.2) is 18.2 Å². The predicted octanol–water partition coefficient (Wildman–Crippen LogP) is 2.80. The van der Waals surface area contributed by atoms with Gasteiger partial charge < -0.3 is 9.84 Å². The summed E-state index contributed by atoms with van der Waals surface area (Å²) in [6.07, 6.45) is 1.19. The molecule has 0 heterocycles. The van der Waals surface area contributed by atoms with E-state index in [1.165, 1.54) is 25.3 Å². The van der Waals surface area contributed by atoms with Crippen molar-refractivity contribution in [1.29, 1.82) is 0 Å². The average Bonchev–Trinajstić information content (AvgIpc) is 2.25. The molecule has 16 heavy (non-hydrogen) atoms. The molecule has 0 aliphatic rings. The Morgan fingerprint density at radius 2 is 2.25 bits per heavy atom. The second kappa shape index (κ2) is 5.49. The van der Waals surface area contributed by atoms with E-state index in [4.69, 9.17) is 9.84 Å². The molecule has 0 bridgehead atoms. The van der Waals surface area contributed by atoms with Gasteiger partial charge in [0, 0.05) is 5.56 Å². The molecular weight excluding hydrogens is 211 g/mol. The normalized spacial score (nSPS) is 12.2. The number of hydrogen-bond acceptors (Lipinski definition) is 2. The van der Waals surface area contributed by atoms with Gasteiger partial charge in [0.15, 0.2) is 0 Å². The van der Waals surface area contributed by atoms with Crippen LogP contribution < -0.4 is 4.74 Å². The molecule has 0 radical (unpaired) electrons. The van der Waals surface area contributed by atoms with Crippen LogP contribution in [0, 0.1) is 5.82 Å². The third kappa shape index (κ3) is 2.72. The molecule has 3 nitrogen and oxygen atoms in total. The summed E-state index contributed by atoms with van der Waals surface area (Å²) in [7, 11) is 1.45. The molecule has 88 valence electrons. The zero-order valence-electron chi connectivity index (χ0n) is 9.37. The van der Waals surface area contributed by atoms with Crippen LogP contribution in [0.25, 0.3) is 0 Å². The third-order valence-electron chi connectivity index (χ3n) is 2.44. The van der Waals surface area contributed by atoms with Crippen molar-refractivity contribution in [2.45, 2.75) is 25.7 Å². The fraction of sp³-hybridized carbons (Fsp3) is 0.417. The SMILES string of the molecule is CCCC(C(=O)O)c1cc(F)ccc1OC. The number of carboxylic acid groups (broad SMARTS) is 1. The molecule has 1 rings (SSSR count). The molecule has 1 unspecified atom stereocenters. The van der Waals surface area contributed by atoms with E-state index in [1.54, 1.807) is 0 Å². The second-order valence-electron chi connectivity index (χ2n) is 3.57. The highest BCUT2D eigenvalue weighted by Crippen LogP contribution is 2.30. The first-order valence-corrected chi connectivity index (χ1v) is 5.16. The topological polar surface area (TPSA) is 46.5 Å². The van der Waals surface area contributed by atoms with Crippen LogP contribution in [0.1, 0.15) is 31.2 Å². The van der Waals surface area contributed by atoms with Crippen molar-refractivity contribution in [2.24, 2.45) is 0 Å². The Morgan fingerprint density at radius 3 is 2.75 bits per heavy atom. The minimum atomic E-state index is -0.953. The number of ether oxygens (including phenoxy) is 1. The largest absolute Gasteiger partial charge is 0.496 e. The van der Waals surface area contributed by atoms with Crippen molar-refractivity contribution in [3.8, 4) is 5.75 Å². The molecule has 0 aliphatic carbocycles. The van der Waals surface area contributed by atoms with Gasteiger partial charge in [0.05, 0.1) is 13.0 Å². The molecule has 4 heteroatoms. The summed E-state index contributed by atoms with van der Waals surface area (Å²) in [6, 6.07) is 3.94. The Bertz CT molecular complexity index is 377. The number of aliphatic carboxylic acids is 1. The molecule has 0 fully saturated rings. The highest BCUT2D eigenvalue weighted by atomic mass is 19.1. The van der Waals surface area contributed by atoms with Gasteiger partial charge in [-0.3, -0.25) is 4.79 Å². The molecule has 0 saturated carbocycles. The summed E-state index contributed by atoms with van der Waals surface area (Å²) in [6.45, 7) is 1.89. The van der Waals surface area contributed by atoms with E-state index >= 15 is 0 Å². The Hall–Kier alpha value is -1.58. The zero-order valence-corrected chi connectivity index (χ0v) is 9.37. The van der Waals surface area contributed by atoms with Crippen molar-refractivity contribution in [2.75, 3.05) is 7.11 Å². The lowest BCUT2D eigenvalue weighted by molar-refractivity contribution is -0.139. The van der Waals surface area contributed by atoms with Crippen molar-refractivity contribution >= 4 is 5.97 Å². The smallest absolute Gasteiger partial charge is 0.311 e. The number of rotatable bonds is 5. The van der Waals surface area contributed by atoms with Crippen LogP contribution in [0.4, 0.5) is 4.39 Å². The minimum absolute atomic E-state index is 0.400. The van der Waals surface area contributed by atoms with Crippen molar-refractivity contribution < 1.29 is 19.0 Å². The van der Waals surface area contributed by atoms with Gasteiger partial charge in [-0.25, -0.2) is 4.39 Å². The number of benzene rings is 1. The van der Waals surface area contributed by atoms with Crippen LogP contribution in [0.5, 0.6) is 5.75 Å². The minimum Gasteiger partial charge on any atom is -0.496 e. The molecular formula is C12H15FO3. The Balaban J connectivity index is 3.15. The van der Waals surface area contributed by atoms with Crippen LogP contribution >= 0.6 is 0 Å². The second-order valence-corrected chi connectivity index (χ2v) is 3.57. The summed E-state index contributed by atoms with van der Waals surface area (Å²) in [5.41, 5.74) is 0.400. The van der Waals surface area contributed by atoms with Gasteiger partial charge in [0.1, 0.15) is 11.6 Å². The van der Waals surface area contributed by atoms with E-state index in [2.05, 4.69) is 0 Å². The van der Waals surface area contributed by atoms with Gasteiger partial charge in [-0.2, -0.15) is 0 Å². The maximum absolute atomic E-state index is 13.1. The fourth-order valence-electron chi connectivity index (χ4n) is 1.68. The first-order valence-electron chi connectivity index (χ1n) is 5.16. The van der Waals surface area contributed by atoms with Gasteiger partial charge in [0.25, 0.3) is 0 Å². The third-order valence-corrected chi connectivity index (χ3v) is 2.44. The molecule has 0 aliphatic heterocycles. The number of carbonyl (C=O) groups is 1. The van der Waals surface area contributed by atoms with E-state index in [-0.39, 0.29) is 0 Å². The lowest BCUT2D eigenvalue weighted by Crippen LogP contribution is -2.12. The van der Waals surface area contributed by atoms with Gasteiger partial charge in [-0.05, 0) is 24.6 Å². The highest BCUT2D eigenvalue weighted by molar-refractivity contribution is 5.77. The van der Waals surface area contributed by atoms with Crippen LogP contribution in [-0.2, 0) is 4.79 Å². The number of hydrogen-bond donors (Lipinski definition) is 1. The molecule has 0 spiro atoms. The number of methoxy groups -OCH3 is 1. The summed E-state index contributed by atoms with van der Waals surface area (Å²) in [5.74, 6) is -1.69. The first-order chi connectivity index (χ1) is 7.60. The average molecular weight is 226 g/mol. The molecule has 0 aromatic heterocycles. The molecule has 0 saturated heterocycles. The van der Waals surface area contributed by atoms with Crippen LogP contribution in [0.3, 0.4) is 0 Å². The highest BCUT2D eigenvalue weighted by Gasteiger charge is 2.22. The van der Waals surface area contributed by atoms with Crippen LogP contribution in [-0.4, -0.2) is 18.2 Å². The lowest BCUT2D eigenvalue weighted by atomic mass is 9.94. The number of carboxylic acids is 1. The standard InChI is InChI=1S/C12H15FO3/c1-3-4-9(12(14)15)10-7-8(13)5-6-11(10)16-2/h5-7,9H,3-4H2,1-2H3,(H,14,15). The lowest BCUT2D eigenvalue weighted by Gasteiger charge is -2.15. The molecule has 1 aromatic carbocycles. The molecule has 1 N–H and O–H groups in total. The zero-order chi connectivity index (χ0) is 12.1. The summed E-state index contributed by atoms with van der Waals surface area (Å²) in [5, 5.41) is 9.09. The van der Waals surface area contributed by atoms with Crippen molar-refractivity contribution in [1.82, 2.24) is 0 Å². The maximum atomic E-state index is 13.1. The van der Waals surface area contributed by atoms with E-state index < -0.39 is 17.7 Å². The summed E-state index contributed by atoms with van der Waals surface area (Å²) >= 11 is 0. The Kier molecular flexibility index (Phi) is 4.28.